The predicted molar refractivity (Wildman–Crippen MR) is 103 cm³/mol. The highest BCUT2D eigenvalue weighted by Gasteiger charge is 2.19. The van der Waals surface area contributed by atoms with Gasteiger partial charge in [0.15, 0.2) is 5.16 Å². The summed E-state index contributed by atoms with van der Waals surface area (Å²) < 4.78 is 0. The molecule has 0 spiro atoms. The molecule has 3 rings (SSSR count). The first kappa shape index (κ1) is 18.0. The van der Waals surface area contributed by atoms with Crippen LogP contribution in [0.15, 0.2) is 29.4 Å². The van der Waals surface area contributed by atoms with Gasteiger partial charge in [-0.1, -0.05) is 42.4 Å². The Morgan fingerprint density at radius 2 is 1.92 bits per heavy atom. The summed E-state index contributed by atoms with van der Waals surface area (Å²) >= 11 is 7.31. The molecule has 0 aliphatic carbocycles. The molecule has 1 aromatic heterocycles. The summed E-state index contributed by atoms with van der Waals surface area (Å²) in [5.74, 6) is 0.929. The van der Waals surface area contributed by atoms with Crippen molar-refractivity contribution in [3.05, 3.63) is 35.0 Å². The molecule has 2 aromatic rings. The largest absolute Gasteiger partial charge is 0.383 e. The normalized spacial score (nSPS) is 14.1. The lowest BCUT2D eigenvalue weighted by Crippen LogP contribution is -2.29. The number of halogens is 1. The molecule has 0 radical (unpaired) electrons. The molecule has 132 valence electrons. The lowest BCUT2D eigenvalue weighted by Gasteiger charge is -2.15. The molecule has 25 heavy (non-hydrogen) atoms. The first-order valence-corrected chi connectivity index (χ1v) is 9.77. The van der Waals surface area contributed by atoms with Gasteiger partial charge in [0.2, 0.25) is 5.91 Å². The first-order chi connectivity index (χ1) is 12.1. The van der Waals surface area contributed by atoms with E-state index in [9.17, 15) is 4.79 Å². The van der Waals surface area contributed by atoms with Gasteiger partial charge in [0.05, 0.1) is 11.4 Å². The fourth-order valence-electron chi connectivity index (χ4n) is 2.94. The number of aryl methyl sites for hydroxylation is 1. The number of hydrogen-bond donors (Lipinski definition) is 1. The van der Waals surface area contributed by atoms with Crippen molar-refractivity contribution in [1.82, 2.24) is 14.9 Å². The Morgan fingerprint density at radius 3 is 2.56 bits per heavy atom. The van der Waals surface area contributed by atoms with Crippen molar-refractivity contribution in [3.63, 3.8) is 0 Å². The Balaban J connectivity index is 1.79. The second kappa shape index (κ2) is 8.06. The number of nitrogens with zero attached hydrogens (tertiary/aromatic N) is 3. The van der Waals surface area contributed by atoms with Crippen molar-refractivity contribution in [2.75, 3.05) is 24.6 Å². The van der Waals surface area contributed by atoms with Crippen molar-refractivity contribution in [3.8, 4) is 11.1 Å². The van der Waals surface area contributed by atoms with Gasteiger partial charge < -0.3 is 10.6 Å². The molecule has 5 nitrogen and oxygen atoms in total. The van der Waals surface area contributed by atoms with E-state index < -0.39 is 0 Å². The average Bonchev–Trinajstić information content (AvgIpc) is 3.15. The molecule has 1 fully saturated rings. The van der Waals surface area contributed by atoms with Gasteiger partial charge in [-0.05, 0) is 37.0 Å². The molecule has 1 aromatic carbocycles. The lowest BCUT2D eigenvalue weighted by molar-refractivity contribution is -0.127. The van der Waals surface area contributed by atoms with E-state index >= 15 is 0 Å². The highest BCUT2D eigenvalue weighted by molar-refractivity contribution is 7.99. The van der Waals surface area contributed by atoms with Crippen LogP contribution >= 0.6 is 23.4 Å². The van der Waals surface area contributed by atoms with E-state index in [1.807, 2.05) is 36.1 Å². The van der Waals surface area contributed by atoms with Gasteiger partial charge in [0, 0.05) is 23.7 Å². The van der Waals surface area contributed by atoms with Gasteiger partial charge in [0.25, 0.3) is 0 Å². The van der Waals surface area contributed by atoms with E-state index in [4.69, 9.17) is 17.3 Å². The molecule has 0 unspecified atom stereocenters. The molecular formula is C18H21ClN4OS. The summed E-state index contributed by atoms with van der Waals surface area (Å²) in [6.45, 7) is 3.75. The molecule has 0 saturated carbocycles. The van der Waals surface area contributed by atoms with E-state index in [0.29, 0.717) is 21.7 Å². The minimum atomic E-state index is 0.143. The highest BCUT2D eigenvalue weighted by atomic mass is 35.5. The molecule has 2 heterocycles. The summed E-state index contributed by atoms with van der Waals surface area (Å²) in [6.07, 6.45) is 2.92. The standard InChI is InChI=1S/C18H21ClN4OS/c1-2-14-16(12-5-7-13(19)8-6-12)17(20)22-18(21-14)25-11-15(24)23-9-3-4-10-23/h5-8H,2-4,9-11H2,1H3,(H2,20,21,22). The zero-order chi connectivity index (χ0) is 17.8. The van der Waals surface area contributed by atoms with E-state index in [1.165, 1.54) is 11.8 Å². The van der Waals surface area contributed by atoms with Gasteiger partial charge in [-0.25, -0.2) is 9.97 Å². The molecular weight excluding hydrogens is 356 g/mol. The van der Waals surface area contributed by atoms with Crippen LogP contribution in [0.5, 0.6) is 0 Å². The number of aromatic nitrogens is 2. The molecule has 1 aliphatic rings. The van der Waals surface area contributed by atoms with E-state index in [1.54, 1.807) is 0 Å². The fraction of sp³-hybridized carbons (Fsp3) is 0.389. The van der Waals surface area contributed by atoms with Gasteiger partial charge in [-0.2, -0.15) is 0 Å². The van der Waals surface area contributed by atoms with Crippen LogP contribution in [0.1, 0.15) is 25.5 Å². The predicted octanol–water partition coefficient (Wildman–Crippen LogP) is 3.66. The summed E-state index contributed by atoms with van der Waals surface area (Å²) in [5, 5.41) is 1.23. The Hall–Kier alpha value is -1.79. The number of anilines is 1. The van der Waals surface area contributed by atoms with Crippen LogP contribution in [0.3, 0.4) is 0 Å². The maximum absolute atomic E-state index is 12.2. The number of hydrogen-bond acceptors (Lipinski definition) is 5. The van der Waals surface area contributed by atoms with Gasteiger partial charge in [-0.3, -0.25) is 4.79 Å². The van der Waals surface area contributed by atoms with Gasteiger partial charge in [0.1, 0.15) is 5.82 Å². The quantitative estimate of drug-likeness (QED) is 0.636. The average molecular weight is 377 g/mol. The van der Waals surface area contributed by atoms with Crippen molar-refractivity contribution < 1.29 is 4.79 Å². The summed E-state index contributed by atoms with van der Waals surface area (Å²) in [6, 6.07) is 7.49. The summed E-state index contributed by atoms with van der Waals surface area (Å²) in [7, 11) is 0. The highest BCUT2D eigenvalue weighted by Crippen LogP contribution is 2.31. The van der Waals surface area contributed by atoms with E-state index in [0.717, 1.165) is 49.2 Å². The third-order valence-electron chi connectivity index (χ3n) is 4.24. The second-order valence-electron chi connectivity index (χ2n) is 5.95. The van der Waals surface area contributed by atoms with Crippen LogP contribution in [-0.2, 0) is 11.2 Å². The Morgan fingerprint density at radius 1 is 1.24 bits per heavy atom. The molecule has 2 N–H and O–H groups in total. The maximum atomic E-state index is 12.2. The van der Waals surface area contributed by atoms with Gasteiger partial charge in [-0.15, -0.1) is 0 Å². The smallest absolute Gasteiger partial charge is 0.233 e. The van der Waals surface area contributed by atoms with Crippen molar-refractivity contribution >= 4 is 35.1 Å². The summed E-state index contributed by atoms with van der Waals surface area (Å²) in [4.78, 5) is 23.1. The SMILES string of the molecule is CCc1nc(SCC(=O)N2CCCC2)nc(N)c1-c1ccc(Cl)cc1. The lowest BCUT2D eigenvalue weighted by atomic mass is 10.0. The van der Waals surface area contributed by atoms with Crippen LogP contribution in [0.2, 0.25) is 5.02 Å². The van der Waals surface area contributed by atoms with Crippen molar-refractivity contribution in [1.29, 1.82) is 0 Å². The number of likely N-dealkylation sites (tertiary alicyclic amines) is 1. The molecule has 1 amide bonds. The number of rotatable bonds is 5. The number of nitrogens with two attached hydrogens (primary N) is 1. The zero-order valence-corrected chi connectivity index (χ0v) is 15.7. The number of thioether (sulfide) groups is 1. The number of carbonyl (C=O) groups excluding carboxylic acids is 1. The number of carbonyl (C=O) groups is 1. The number of nitrogen functional groups attached to an aromatic ring is 1. The maximum Gasteiger partial charge on any atom is 0.233 e. The molecule has 0 bridgehead atoms. The Kier molecular flexibility index (Phi) is 5.81. The van der Waals surface area contributed by atoms with Crippen molar-refractivity contribution in [2.24, 2.45) is 0 Å². The third kappa shape index (κ3) is 4.25. The number of benzene rings is 1. The van der Waals surface area contributed by atoms with Crippen LogP contribution in [0.4, 0.5) is 5.82 Å². The minimum absolute atomic E-state index is 0.143. The molecule has 1 aliphatic heterocycles. The fourth-order valence-corrected chi connectivity index (χ4v) is 3.84. The van der Waals surface area contributed by atoms with E-state index in [2.05, 4.69) is 9.97 Å². The zero-order valence-electron chi connectivity index (χ0n) is 14.2. The van der Waals surface area contributed by atoms with Crippen molar-refractivity contribution in [2.45, 2.75) is 31.3 Å². The molecule has 0 atom stereocenters. The Bertz CT molecular complexity index is 760. The van der Waals surface area contributed by atoms with Crippen LogP contribution in [0.25, 0.3) is 11.1 Å². The monoisotopic (exact) mass is 376 g/mol. The third-order valence-corrected chi connectivity index (χ3v) is 5.33. The number of amides is 1. The van der Waals surface area contributed by atoms with Crippen LogP contribution in [0, 0.1) is 0 Å². The molecule has 7 heteroatoms. The topological polar surface area (TPSA) is 72.1 Å². The minimum Gasteiger partial charge on any atom is -0.383 e. The molecule has 1 saturated heterocycles. The summed E-state index contributed by atoms with van der Waals surface area (Å²) in [5.41, 5.74) is 8.87. The second-order valence-corrected chi connectivity index (χ2v) is 7.33. The van der Waals surface area contributed by atoms with E-state index in [-0.39, 0.29) is 5.91 Å². The van der Waals surface area contributed by atoms with Gasteiger partial charge >= 0.3 is 0 Å². The van der Waals surface area contributed by atoms with Crippen LogP contribution < -0.4 is 5.73 Å². The first-order valence-electron chi connectivity index (χ1n) is 8.41. The van der Waals surface area contributed by atoms with Crippen LogP contribution in [-0.4, -0.2) is 39.6 Å². The Labute approximate surface area is 157 Å².